The molecule has 162 valence electrons. The summed E-state index contributed by atoms with van der Waals surface area (Å²) in [4.78, 5) is 38.8. The van der Waals surface area contributed by atoms with Gasteiger partial charge in [-0.1, -0.05) is 11.6 Å². The largest absolute Gasteiger partial charge is 0.497 e. The standard InChI is InChI=1S/C23H18ClN3O4S/c1-31-19-10-6-16(7-11-19)25-21(28)14-27-22(29)20(32-23(27)30)13-18-3-2-12-26(18)17-8-4-15(24)5-9-17/h2-13H,14H2,1H3,(H,25,28)/b20-13+. The van der Waals surface area contributed by atoms with Crippen LogP contribution in [0.1, 0.15) is 5.69 Å². The van der Waals surface area contributed by atoms with Gasteiger partial charge in [-0.25, -0.2) is 0 Å². The van der Waals surface area contributed by atoms with E-state index >= 15 is 0 Å². The van der Waals surface area contributed by atoms with E-state index in [2.05, 4.69) is 5.32 Å². The summed E-state index contributed by atoms with van der Waals surface area (Å²) in [6.45, 7) is -0.369. The van der Waals surface area contributed by atoms with Crippen molar-refractivity contribution in [3.63, 3.8) is 0 Å². The minimum atomic E-state index is -0.506. The zero-order chi connectivity index (χ0) is 22.7. The van der Waals surface area contributed by atoms with Gasteiger partial charge in [-0.05, 0) is 78.5 Å². The average molecular weight is 468 g/mol. The Labute approximate surface area is 193 Å². The van der Waals surface area contributed by atoms with Gasteiger partial charge in [0.1, 0.15) is 12.3 Å². The van der Waals surface area contributed by atoms with Crippen molar-refractivity contribution in [3.05, 3.63) is 82.5 Å². The maximum absolute atomic E-state index is 12.8. The highest BCUT2D eigenvalue weighted by Gasteiger charge is 2.36. The van der Waals surface area contributed by atoms with Gasteiger partial charge in [-0.3, -0.25) is 19.3 Å². The molecular formula is C23H18ClN3O4S. The molecule has 2 aromatic carbocycles. The van der Waals surface area contributed by atoms with Crippen LogP contribution in [0.5, 0.6) is 5.75 Å². The Kier molecular flexibility index (Phi) is 6.34. The van der Waals surface area contributed by atoms with Gasteiger partial charge in [0.25, 0.3) is 11.1 Å². The first kappa shape index (κ1) is 21.7. The first-order valence-electron chi connectivity index (χ1n) is 9.57. The summed E-state index contributed by atoms with van der Waals surface area (Å²) in [5.41, 5.74) is 2.13. The number of ether oxygens (including phenoxy) is 1. The minimum absolute atomic E-state index is 0.251. The van der Waals surface area contributed by atoms with E-state index < -0.39 is 17.1 Å². The van der Waals surface area contributed by atoms with Gasteiger partial charge in [0.2, 0.25) is 5.91 Å². The molecular weight excluding hydrogens is 450 g/mol. The highest BCUT2D eigenvalue weighted by molar-refractivity contribution is 8.18. The Hall–Kier alpha value is -3.49. The quantitative estimate of drug-likeness (QED) is 0.526. The predicted octanol–water partition coefficient (Wildman–Crippen LogP) is 4.81. The molecule has 3 aromatic rings. The summed E-state index contributed by atoms with van der Waals surface area (Å²) < 4.78 is 6.96. The predicted molar refractivity (Wildman–Crippen MR) is 125 cm³/mol. The first-order chi connectivity index (χ1) is 15.4. The summed E-state index contributed by atoms with van der Waals surface area (Å²) in [6, 6.07) is 17.7. The van der Waals surface area contributed by atoms with Crippen molar-refractivity contribution in [2.75, 3.05) is 19.0 Å². The third-order valence-electron chi connectivity index (χ3n) is 4.71. The lowest BCUT2D eigenvalue weighted by Gasteiger charge is -2.12. The van der Waals surface area contributed by atoms with E-state index in [4.69, 9.17) is 16.3 Å². The van der Waals surface area contributed by atoms with Crippen LogP contribution in [0.4, 0.5) is 10.5 Å². The molecule has 0 spiro atoms. The molecule has 2 heterocycles. The number of halogens is 1. The van der Waals surface area contributed by atoms with E-state index in [0.717, 1.165) is 28.0 Å². The van der Waals surface area contributed by atoms with E-state index in [1.54, 1.807) is 49.6 Å². The lowest BCUT2D eigenvalue weighted by atomic mass is 10.3. The third-order valence-corrected chi connectivity index (χ3v) is 5.87. The van der Waals surface area contributed by atoms with Gasteiger partial charge in [0.05, 0.1) is 12.0 Å². The highest BCUT2D eigenvalue weighted by atomic mass is 35.5. The maximum atomic E-state index is 12.8. The Bertz CT molecular complexity index is 1200. The molecule has 0 radical (unpaired) electrons. The van der Waals surface area contributed by atoms with Crippen LogP contribution in [0.25, 0.3) is 11.8 Å². The van der Waals surface area contributed by atoms with Crippen LogP contribution in [0.2, 0.25) is 5.02 Å². The molecule has 0 unspecified atom stereocenters. The summed E-state index contributed by atoms with van der Waals surface area (Å²) in [5, 5.41) is 2.80. The number of hydrogen-bond donors (Lipinski definition) is 1. The number of methoxy groups -OCH3 is 1. The summed E-state index contributed by atoms with van der Waals surface area (Å²) in [7, 11) is 1.55. The first-order valence-corrected chi connectivity index (χ1v) is 10.8. The molecule has 1 saturated heterocycles. The van der Waals surface area contributed by atoms with Crippen LogP contribution in [-0.2, 0) is 9.59 Å². The topological polar surface area (TPSA) is 80.6 Å². The summed E-state index contributed by atoms with van der Waals surface area (Å²) in [6.07, 6.45) is 3.49. The van der Waals surface area contributed by atoms with Gasteiger partial charge >= 0.3 is 0 Å². The number of carbonyl (C=O) groups is 3. The van der Waals surface area contributed by atoms with Crippen LogP contribution in [0, 0.1) is 0 Å². The van der Waals surface area contributed by atoms with Crippen molar-refractivity contribution in [1.82, 2.24) is 9.47 Å². The van der Waals surface area contributed by atoms with Crippen molar-refractivity contribution in [2.45, 2.75) is 0 Å². The van der Waals surface area contributed by atoms with Crippen LogP contribution in [0.15, 0.2) is 71.8 Å². The smallest absolute Gasteiger partial charge is 0.294 e. The summed E-state index contributed by atoms with van der Waals surface area (Å²) >= 11 is 6.76. The number of rotatable bonds is 6. The maximum Gasteiger partial charge on any atom is 0.294 e. The van der Waals surface area contributed by atoms with Crippen LogP contribution < -0.4 is 10.1 Å². The van der Waals surface area contributed by atoms with Gasteiger partial charge in [0.15, 0.2) is 0 Å². The van der Waals surface area contributed by atoms with Crippen LogP contribution >= 0.6 is 23.4 Å². The van der Waals surface area contributed by atoms with Gasteiger partial charge in [0, 0.05) is 28.3 Å². The zero-order valence-corrected chi connectivity index (χ0v) is 18.5. The zero-order valence-electron chi connectivity index (χ0n) is 16.9. The lowest BCUT2D eigenvalue weighted by Crippen LogP contribution is -2.36. The molecule has 1 aliphatic heterocycles. The fourth-order valence-corrected chi connectivity index (χ4v) is 4.09. The number of amides is 3. The number of anilines is 1. The van der Waals surface area contributed by atoms with E-state index in [1.807, 2.05) is 35.0 Å². The molecule has 0 aliphatic carbocycles. The van der Waals surface area contributed by atoms with Crippen molar-refractivity contribution in [2.24, 2.45) is 0 Å². The second kappa shape index (κ2) is 9.33. The molecule has 1 aliphatic rings. The third kappa shape index (κ3) is 4.71. The van der Waals surface area contributed by atoms with Crippen LogP contribution in [-0.4, -0.2) is 40.2 Å². The number of carbonyl (C=O) groups excluding carboxylic acids is 3. The lowest BCUT2D eigenvalue weighted by molar-refractivity contribution is -0.127. The van der Waals surface area contributed by atoms with Crippen LogP contribution in [0.3, 0.4) is 0 Å². The Morgan fingerprint density at radius 1 is 1.09 bits per heavy atom. The number of hydrogen-bond acceptors (Lipinski definition) is 5. The monoisotopic (exact) mass is 467 g/mol. The Morgan fingerprint density at radius 2 is 1.81 bits per heavy atom. The molecule has 0 atom stereocenters. The van der Waals surface area contributed by atoms with Crippen molar-refractivity contribution in [1.29, 1.82) is 0 Å². The number of imide groups is 1. The molecule has 1 N–H and O–H groups in total. The van der Waals surface area contributed by atoms with Gasteiger partial charge in [-0.15, -0.1) is 0 Å². The van der Waals surface area contributed by atoms with E-state index in [0.29, 0.717) is 16.5 Å². The number of nitrogens with zero attached hydrogens (tertiary/aromatic N) is 2. The Morgan fingerprint density at radius 3 is 2.50 bits per heavy atom. The molecule has 4 rings (SSSR count). The fraction of sp³-hybridized carbons (Fsp3) is 0.0870. The number of aromatic nitrogens is 1. The number of benzene rings is 2. The minimum Gasteiger partial charge on any atom is -0.497 e. The molecule has 0 saturated carbocycles. The van der Waals surface area contributed by atoms with Crippen molar-refractivity contribution in [3.8, 4) is 11.4 Å². The SMILES string of the molecule is COc1ccc(NC(=O)CN2C(=O)S/C(=C/c3cccn3-c3ccc(Cl)cc3)C2=O)cc1. The number of thioether (sulfide) groups is 1. The normalized spacial score (nSPS) is 14.8. The summed E-state index contributed by atoms with van der Waals surface area (Å²) in [5.74, 6) is -0.320. The molecule has 9 heteroatoms. The van der Waals surface area contributed by atoms with Crippen molar-refractivity contribution >= 4 is 52.2 Å². The van der Waals surface area contributed by atoms with Gasteiger partial charge < -0.3 is 14.6 Å². The number of nitrogens with one attached hydrogen (secondary N) is 1. The molecule has 0 bridgehead atoms. The molecule has 32 heavy (non-hydrogen) atoms. The molecule has 7 nitrogen and oxygen atoms in total. The molecule has 1 fully saturated rings. The second-order valence-electron chi connectivity index (χ2n) is 6.82. The highest BCUT2D eigenvalue weighted by Crippen LogP contribution is 2.32. The molecule has 3 amide bonds. The second-order valence-corrected chi connectivity index (χ2v) is 8.25. The molecule has 1 aromatic heterocycles. The van der Waals surface area contributed by atoms with E-state index in [1.165, 1.54) is 0 Å². The van der Waals surface area contributed by atoms with Crippen molar-refractivity contribution < 1.29 is 19.1 Å². The van der Waals surface area contributed by atoms with E-state index in [9.17, 15) is 14.4 Å². The van der Waals surface area contributed by atoms with E-state index in [-0.39, 0.29) is 11.4 Å². The fourth-order valence-electron chi connectivity index (χ4n) is 3.14. The Balaban J connectivity index is 1.47. The average Bonchev–Trinajstić information content (AvgIpc) is 3.35. The van der Waals surface area contributed by atoms with Gasteiger partial charge in [-0.2, -0.15) is 0 Å².